The summed E-state index contributed by atoms with van der Waals surface area (Å²) in [7, 11) is 5.16. The van der Waals surface area contributed by atoms with Gasteiger partial charge in [0.2, 0.25) is 0 Å². The first-order valence-corrected chi connectivity index (χ1v) is 6.52. The number of hydrogen-bond acceptors (Lipinski definition) is 3. The number of nitrogens with zero attached hydrogens (tertiary/aromatic N) is 3. The van der Waals surface area contributed by atoms with E-state index in [0.717, 1.165) is 22.2 Å². The smallest absolute Gasteiger partial charge is 0.328 e. The second-order valence-corrected chi connectivity index (χ2v) is 5.20. The maximum atomic E-state index is 12.0. The van der Waals surface area contributed by atoms with Crippen LogP contribution in [0, 0.1) is 0 Å². The Morgan fingerprint density at radius 2 is 1.62 bits per heavy atom. The molecule has 3 rings (SSSR count). The van der Waals surface area contributed by atoms with Gasteiger partial charge in [-0.15, -0.1) is 0 Å². The van der Waals surface area contributed by atoms with Gasteiger partial charge in [0, 0.05) is 44.7 Å². The molecule has 3 aromatic rings. The van der Waals surface area contributed by atoms with Crippen LogP contribution >= 0.6 is 0 Å². The van der Waals surface area contributed by atoms with Crippen LogP contribution in [0.1, 0.15) is 0 Å². The molecule has 6 nitrogen and oxygen atoms in total. The number of hydrogen-bond donors (Lipinski definition) is 1. The summed E-state index contributed by atoms with van der Waals surface area (Å²) < 4.78 is 4.68. The second-order valence-electron chi connectivity index (χ2n) is 5.20. The van der Waals surface area contributed by atoms with Crippen molar-refractivity contribution in [3.8, 4) is 11.1 Å². The van der Waals surface area contributed by atoms with Crippen LogP contribution in [-0.4, -0.2) is 13.7 Å². The second kappa shape index (κ2) is 4.37. The van der Waals surface area contributed by atoms with Gasteiger partial charge in [0.1, 0.15) is 0 Å². The lowest BCUT2D eigenvalue weighted by Gasteiger charge is -2.08. The van der Waals surface area contributed by atoms with Crippen molar-refractivity contribution in [2.75, 3.05) is 5.73 Å². The highest BCUT2D eigenvalue weighted by Crippen LogP contribution is 2.27. The van der Waals surface area contributed by atoms with Gasteiger partial charge in [0.15, 0.2) is 0 Å². The predicted molar refractivity (Wildman–Crippen MR) is 83.2 cm³/mol. The Balaban J connectivity index is 2.32. The maximum Gasteiger partial charge on any atom is 0.328 e. The molecule has 21 heavy (non-hydrogen) atoms. The highest BCUT2D eigenvalue weighted by Gasteiger charge is 2.11. The van der Waals surface area contributed by atoms with E-state index in [0.29, 0.717) is 5.69 Å². The fraction of sp³-hybridized carbons (Fsp3) is 0.200. The number of imidazole rings is 1. The Morgan fingerprint density at radius 3 is 2.33 bits per heavy atom. The lowest BCUT2D eigenvalue weighted by molar-refractivity contribution is 0.795. The van der Waals surface area contributed by atoms with Crippen LogP contribution in [0.15, 0.2) is 40.1 Å². The van der Waals surface area contributed by atoms with E-state index in [2.05, 4.69) is 0 Å². The molecule has 6 heteroatoms. The van der Waals surface area contributed by atoms with Gasteiger partial charge in [0.25, 0.3) is 5.56 Å². The predicted octanol–water partition coefficient (Wildman–Crippen LogP) is 0.825. The van der Waals surface area contributed by atoms with E-state index in [-0.39, 0.29) is 11.2 Å². The topological polar surface area (TPSA) is 74.9 Å². The Kier molecular flexibility index (Phi) is 2.76. The van der Waals surface area contributed by atoms with Crippen molar-refractivity contribution in [3.05, 3.63) is 51.3 Å². The lowest BCUT2D eigenvalue weighted by atomic mass is 10.1. The normalized spacial score (nSPS) is 11.2. The molecule has 0 bridgehead atoms. The summed E-state index contributed by atoms with van der Waals surface area (Å²) in [6.07, 6.45) is 1.71. The first-order valence-electron chi connectivity index (χ1n) is 6.52. The zero-order valence-electron chi connectivity index (χ0n) is 12.1. The number of pyridine rings is 1. The van der Waals surface area contributed by atoms with E-state index in [1.54, 1.807) is 36.5 Å². The van der Waals surface area contributed by atoms with Gasteiger partial charge in [0.05, 0.1) is 11.0 Å². The van der Waals surface area contributed by atoms with E-state index in [1.807, 2.05) is 18.2 Å². The molecule has 0 aliphatic rings. The van der Waals surface area contributed by atoms with Gasteiger partial charge in [-0.3, -0.25) is 13.9 Å². The van der Waals surface area contributed by atoms with Crippen LogP contribution in [-0.2, 0) is 21.1 Å². The van der Waals surface area contributed by atoms with Crippen molar-refractivity contribution in [1.29, 1.82) is 0 Å². The van der Waals surface area contributed by atoms with Crippen molar-refractivity contribution in [2.45, 2.75) is 0 Å². The zero-order chi connectivity index (χ0) is 15.3. The fourth-order valence-electron chi connectivity index (χ4n) is 2.56. The van der Waals surface area contributed by atoms with Gasteiger partial charge in [-0.2, -0.15) is 0 Å². The molecule has 0 amide bonds. The summed E-state index contributed by atoms with van der Waals surface area (Å²) in [5.74, 6) is 0. The van der Waals surface area contributed by atoms with Crippen molar-refractivity contribution in [2.24, 2.45) is 21.1 Å². The molecule has 108 valence electrons. The summed E-state index contributed by atoms with van der Waals surface area (Å²) in [4.78, 5) is 23.5. The monoisotopic (exact) mass is 284 g/mol. The molecule has 2 N–H and O–H groups in total. The molecule has 0 fully saturated rings. The van der Waals surface area contributed by atoms with E-state index >= 15 is 0 Å². The number of aromatic nitrogens is 3. The average molecular weight is 284 g/mol. The third-order valence-electron chi connectivity index (χ3n) is 3.84. The molecule has 2 aromatic heterocycles. The number of nitrogens with two attached hydrogens (primary N) is 1. The van der Waals surface area contributed by atoms with Crippen LogP contribution in [0.4, 0.5) is 5.69 Å². The first-order chi connectivity index (χ1) is 9.90. The van der Waals surface area contributed by atoms with Crippen molar-refractivity contribution in [3.63, 3.8) is 0 Å². The molecule has 0 aliphatic carbocycles. The Morgan fingerprint density at radius 1 is 0.952 bits per heavy atom. The standard InChI is InChI=1S/C15H16N4O2/c1-17-8-10(11(16)7-14(17)20)9-4-5-12-13(6-9)19(3)15(21)18(12)2/h4-8H,16H2,1-3H3. The third-order valence-corrected chi connectivity index (χ3v) is 3.84. The molecular weight excluding hydrogens is 268 g/mol. The highest BCUT2D eigenvalue weighted by molar-refractivity contribution is 5.85. The van der Waals surface area contributed by atoms with Crippen LogP contribution < -0.4 is 17.0 Å². The Hall–Kier alpha value is -2.76. The van der Waals surface area contributed by atoms with Crippen molar-refractivity contribution in [1.82, 2.24) is 13.7 Å². The van der Waals surface area contributed by atoms with Gasteiger partial charge in [-0.25, -0.2) is 4.79 Å². The molecule has 0 unspecified atom stereocenters. The van der Waals surface area contributed by atoms with E-state index in [9.17, 15) is 9.59 Å². The highest BCUT2D eigenvalue weighted by atomic mass is 16.1. The molecule has 0 spiro atoms. The quantitative estimate of drug-likeness (QED) is 0.719. The van der Waals surface area contributed by atoms with Crippen LogP contribution in [0.2, 0.25) is 0 Å². The van der Waals surface area contributed by atoms with Crippen molar-refractivity contribution < 1.29 is 0 Å². The van der Waals surface area contributed by atoms with Crippen LogP contribution in [0.3, 0.4) is 0 Å². The number of rotatable bonds is 1. The van der Waals surface area contributed by atoms with E-state index in [1.165, 1.54) is 10.6 Å². The number of benzene rings is 1. The molecular formula is C15H16N4O2. The summed E-state index contributed by atoms with van der Waals surface area (Å²) in [6.45, 7) is 0. The lowest BCUT2D eigenvalue weighted by Crippen LogP contribution is -2.19. The van der Waals surface area contributed by atoms with Gasteiger partial charge < -0.3 is 10.3 Å². The van der Waals surface area contributed by atoms with Gasteiger partial charge in [-0.1, -0.05) is 6.07 Å². The minimum Gasteiger partial charge on any atom is -0.398 e. The van der Waals surface area contributed by atoms with Crippen LogP contribution in [0.5, 0.6) is 0 Å². The number of anilines is 1. The van der Waals surface area contributed by atoms with Gasteiger partial charge in [-0.05, 0) is 17.7 Å². The number of fused-ring (bicyclic) bond motifs is 1. The summed E-state index contributed by atoms with van der Waals surface area (Å²) >= 11 is 0. The molecule has 0 atom stereocenters. The molecule has 0 radical (unpaired) electrons. The fourth-order valence-corrected chi connectivity index (χ4v) is 2.56. The summed E-state index contributed by atoms with van der Waals surface area (Å²) in [5.41, 5.74) is 9.49. The van der Waals surface area contributed by atoms with E-state index in [4.69, 9.17) is 5.73 Å². The maximum absolute atomic E-state index is 12.0. The molecule has 0 saturated heterocycles. The first kappa shape index (κ1) is 13.2. The van der Waals surface area contributed by atoms with E-state index < -0.39 is 0 Å². The molecule has 0 saturated carbocycles. The van der Waals surface area contributed by atoms with Gasteiger partial charge >= 0.3 is 5.69 Å². The Labute approximate surface area is 120 Å². The molecule has 2 heterocycles. The van der Waals surface area contributed by atoms with Crippen LogP contribution in [0.25, 0.3) is 22.2 Å². The minimum absolute atomic E-state index is 0.0735. The molecule has 1 aromatic carbocycles. The number of nitrogen functional groups attached to an aromatic ring is 1. The Bertz CT molecular complexity index is 976. The molecule has 0 aliphatic heterocycles. The minimum atomic E-state index is -0.149. The SMILES string of the molecule is Cn1cc(-c2ccc3c(c2)n(C)c(=O)n3C)c(N)cc1=O. The third kappa shape index (κ3) is 1.87. The largest absolute Gasteiger partial charge is 0.398 e. The number of aryl methyl sites for hydroxylation is 3. The van der Waals surface area contributed by atoms with Crippen molar-refractivity contribution >= 4 is 16.7 Å². The zero-order valence-corrected chi connectivity index (χ0v) is 12.1. The summed E-state index contributed by atoms with van der Waals surface area (Å²) in [5, 5.41) is 0. The summed E-state index contributed by atoms with van der Waals surface area (Å²) in [6, 6.07) is 7.10. The average Bonchev–Trinajstić information content (AvgIpc) is 2.67.